The molecule has 5 rings (SSSR count). The molecule has 1 saturated heterocycles. The molecule has 0 radical (unpaired) electrons. The fourth-order valence-corrected chi connectivity index (χ4v) is 6.93. The molecule has 0 spiro atoms. The molecule has 2 aromatic carbocycles. The summed E-state index contributed by atoms with van der Waals surface area (Å²) in [5.74, 6) is -0.405. The van der Waals surface area contributed by atoms with E-state index in [1.54, 1.807) is 30.5 Å². The van der Waals surface area contributed by atoms with Gasteiger partial charge in [-0.1, -0.05) is 6.07 Å². The zero-order valence-electron chi connectivity index (χ0n) is 20.8. The maximum absolute atomic E-state index is 13.7. The van der Waals surface area contributed by atoms with Crippen molar-refractivity contribution >= 4 is 44.4 Å². The number of benzene rings is 2. The van der Waals surface area contributed by atoms with E-state index in [1.165, 1.54) is 38.7 Å². The van der Waals surface area contributed by atoms with Gasteiger partial charge in [0.2, 0.25) is 10.0 Å². The number of hydrogen-bond donors (Lipinski definition) is 0. The summed E-state index contributed by atoms with van der Waals surface area (Å²) in [5.41, 5.74) is 0.470. The summed E-state index contributed by atoms with van der Waals surface area (Å²) in [4.78, 5) is 29.0. The second kappa shape index (κ2) is 10.3. The zero-order valence-corrected chi connectivity index (χ0v) is 22.4. The summed E-state index contributed by atoms with van der Waals surface area (Å²) >= 11 is 1.26. The van der Waals surface area contributed by atoms with Crippen LogP contribution in [0.5, 0.6) is 5.75 Å². The van der Waals surface area contributed by atoms with Gasteiger partial charge in [0.1, 0.15) is 5.75 Å². The number of amides is 1. The van der Waals surface area contributed by atoms with Crippen molar-refractivity contribution in [2.45, 2.75) is 18.0 Å². The zero-order chi connectivity index (χ0) is 27.9. The Labute approximate surface area is 227 Å². The quantitative estimate of drug-likeness (QED) is 0.407. The number of fused-ring (bicyclic) bond motifs is 1. The van der Waals surface area contributed by atoms with Crippen molar-refractivity contribution in [1.29, 1.82) is 0 Å². The van der Waals surface area contributed by atoms with Gasteiger partial charge >= 0.3 is 6.18 Å². The third-order valence-electron chi connectivity index (χ3n) is 6.71. The summed E-state index contributed by atoms with van der Waals surface area (Å²) in [7, 11) is -3.99. The standard InChI is InChI=1S/C26H24F3N3O5S2/c1-17-13-22-20(32(25(34)16-37-22)15-21(33)23-3-2-12-38-23)14-24(17)39(35,36)31-10-8-30(9-11-31)19-6-4-18(5-7-19)26(27,28)29/h2-7,12-14H,8-11,15-16H2,1H3. The highest BCUT2D eigenvalue weighted by molar-refractivity contribution is 7.89. The number of nitrogens with zero attached hydrogens (tertiary/aromatic N) is 3. The predicted octanol–water partition coefficient (Wildman–Crippen LogP) is 4.19. The summed E-state index contributed by atoms with van der Waals surface area (Å²) in [5, 5.41) is 1.76. The highest BCUT2D eigenvalue weighted by atomic mass is 32.2. The van der Waals surface area contributed by atoms with Crippen LogP contribution in [0.25, 0.3) is 0 Å². The van der Waals surface area contributed by atoms with Crippen molar-refractivity contribution in [3.05, 3.63) is 69.9 Å². The number of aryl methyl sites for hydroxylation is 1. The third kappa shape index (κ3) is 5.38. The lowest BCUT2D eigenvalue weighted by Crippen LogP contribution is -2.49. The second-order valence-corrected chi connectivity index (χ2v) is 12.0. The lowest BCUT2D eigenvalue weighted by atomic mass is 10.1. The average molecular weight is 580 g/mol. The number of rotatable bonds is 6. The van der Waals surface area contributed by atoms with Crippen LogP contribution in [0.1, 0.15) is 20.8 Å². The van der Waals surface area contributed by atoms with Gasteiger partial charge in [0.05, 0.1) is 27.6 Å². The molecule has 1 aromatic heterocycles. The van der Waals surface area contributed by atoms with Crippen LogP contribution < -0.4 is 14.5 Å². The van der Waals surface area contributed by atoms with Crippen LogP contribution in [0.15, 0.2) is 58.8 Å². The Kier molecular flexibility index (Phi) is 7.16. The van der Waals surface area contributed by atoms with Gasteiger partial charge in [0.25, 0.3) is 5.91 Å². The number of carbonyl (C=O) groups excluding carboxylic acids is 2. The number of ether oxygens (including phenoxy) is 1. The van der Waals surface area contributed by atoms with Crippen molar-refractivity contribution in [3.63, 3.8) is 0 Å². The van der Waals surface area contributed by atoms with E-state index in [0.717, 1.165) is 12.1 Å². The van der Waals surface area contributed by atoms with Gasteiger partial charge in [-0.3, -0.25) is 14.5 Å². The molecular weight excluding hydrogens is 555 g/mol. The van der Waals surface area contributed by atoms with E-state index in [9.17, 15) is 31.2 Å². The van der Waals surface area contributed by atoms with Gasteiger partial charge < -0.3 is 9.64 Å². The molecule has 39 heavy (non-hydrogen) atoms. The van der Waals surface area contributed by atoms with Crippen LogP contribution in [-0.2, 0) is 21.0 Å². The highest BCUT2D eigenvalue weighted by Gasteiger charge is 2.35. The van der Waals surface area contributed by atoms with E-state index in [-0.39, 0.29) is 55.7 Å². The molecule has 0 unspecified atom stereocenters. The van der Waals surface area contributed by atoms with E-state index in [4.69, 9.17) is 4.74 Å². The Morgan fingerprint density at radius 3 is 2.36 bits per heavy atom. The van der Waals surface area contributed by atoms with Crippen LogP contribution >= 0.6 is 11.3 Å². The number of Topliss-reactive ketones (excluding diaryl/α,β-unsaturated/α-hetero) is 1. The topological polar surface area (TPSA) is 87.2 Å². The molecule has 1 amide bonds. The molecule has 8 nitrogen and oxygen atoms in total. The first kappa shape index (κ1) is 27.2. The molecule has 0 bridgehead atoms. The highest BCUT2D eigenvalue weighted by Crippen LogP contribution is 2.38. The van der Waals surface area contributed by atoms with Crippen LogP contribution in [0, 0.1) is 6.92 Å². The first-order valence-corrected chi connectivity index (χ1v) is 14.3. The van der Waals surface area contributed by atoms with Gasteiger partial charge in [0.15, 0.2) is 12.4 Å². The van der Waals surface area contributed by atoms with E-state index in [0.29, 0.717) is 21.9 Å². The van der Waals surface area contributed by atoms with Crippen molar-refractivity contribution < 1.29 is 35.9 Å². The molecule has 13 heteroatoms. The minimum absolute atomic E-state index is 0.00361. The molecule has 3 aromatic rings. The molecule has 0 atom stereocenters. The number of carbonyl (C=O) groups is 2. The Hall–Kier alpha value is -3.42. The maximum atomic E-state index is 13.7. The van der Waals surface area contributed by atoms with Crippen molar-refractivity contribution in [3.8, 4) is 5.75 Å². The van der Waals surface area contributed by atoms with Gasteiger partial charge in [-0.05, 0) is 60.3 Å². The Balaban J connectivity index is 1.35. The molecule has 0 aliphatic carbocycles. The number of alkyl halides is 3. The number of hydrogen-bond acceptors (Lipinski definition) is 7. The van der Waals surface area contributed by atoms with Crippen molar-refractivity contribution in [2.75, 3.05) is 49.1 Å². The van der Waals surface area contributed by atoms with E-state index in [2.05, 4.69) is 0 Å². The Morgan fingerprint density at radius 2 is 1.74 bits per heavy atom. The number of thiophene rings is 1. The molecule has 1 fully saturated rings. The van der Waals surface area contributed by atoms with Crippen molar-refractivity contribution in [2.24, 2.45) is 0 Å². The lowest BCUT2D eigenvalue weighted by Gasteiger charge is -2.36. The SMILES string of the molecule is Cc1cc2c(cc1S(=O)(=O)N1CCN(c3ccc(C(F)(F)F)cc3)CC1)N(CC(=O)c1cccs1)C(=O)CO2. The molecule has 2 aliphatic rings. The molecule has 3 heterocycles. The van der Waals surface area contributed by atoms with Gasteiger partial charge in [0, 0.05) is 31.9 Å². The molecule has 0 saturated carbocycles. The minimum atomic E-state index is -4.43. The average Bonchev–Trinajstić information content (AvgIpc) is 3.45. The normalized spacial score (nSPS) is 16.7. The molecule has 206 valence electrons. The fourth-order valence-electron chi connectivity index (χ4n) is 4.63. The van der Waals surface area contributed by atoms with Crippen LogP contribution in [-0.4, -0.2) is 63.7 Å². The number of piperazine rings is 1. The molecule has 0 N–H and O–H groups in total. The largest absolute Gasteiger partial charge is 0.482 e. The number of anilines is 2. The second-order valence-electron chi connectivity index (χ2n) is 9.19. The number of sulfonamides is 1. The van der Waals surface area contributed by atoms with Crippen LogP contribution in [0.3, 0.4) is 0 Å². The number of halogens is 3. The first-order valence-electron chi connectivity index (χ1n) is 12.0. The summed E-state index contributed by atoms with van der Waals surface area (Å²) in [6, 6.07) is 11.1. The Bertz CT molecular complexity index is 1500. The maximum Gasteiger partial charge on any atom is 0.416 e. The first-order chi connectivity index (χ1) is 18.4. The van der Waals surface area contributed by atoms with Crippen LogP contribution in [0.4, 0.5) is 24.5 Å². The van der Waals surface area contributed by atoms with Gasteiger partial charge in [-0.2, -0.15) is 17.5 Å². The van der Waals surface area contributed by atoms with Crippen LogP contribution in [0.2, 0.25) is 0 Å². The monoisotopic (exact) mass is 579 g/mol. The summed E-state index contributed by atoms with van der Waals surface area (Å²) < 4.78 is 72.8. The van der Waals surface area contributed by atoms with E-state index < -0.39 is 27.7 Å². The predicted molar refractivity (Wildman–Crippen MR) is 140 cm³/mol. The number of ketones is 1. The smallest absolute Gasteiger partial charge is 0.416 e. The lowest BCUT2D eigenvalue weighted by molar-refractivity contribution is -0.137. The summed E-state index contributed by atoms with van der Waals surface area (Å²) in [6.07, 6.45) is -4.43. The molecule has 2 aliphatic heterocycles. The van der Waals surface area contributed by atoms with Gasteiger partial charge in [-0.15, -0.1) is 11.3 Å². The fraction of sp³-hybridized carbons (Fsp3) is 0.308. The summed E-state index contributed by atoms with van der Waals surface area (Å²) in [6.45, 7) is 1.94. The van der Waals surface area contributed by atoms with E-state index in [1.807, 2.05) is 4.90 Å². The van der Waals surface area contributed by atoms with Gasteiger partial charge in [-0.25, -0.2) is 8.42 Å². The van der Waals surface area contributed by atoms with Crippen molar-refractivity contribution in [1.82, 2.24) is 4.31 Å². The third-order valence-corrected chi connectivity index (χ3v) is 9.67. The Morgan fingerprint density at radius 1 is 1.05 bits per heavy atom. The minimum Gasteiger partial charge on any atom is -0.482 e. The van der Waals surface area contributed by atoms with E-state index >= 15 is 0 Å². The molecular formula is C26H24F3N3O5S2.